The van der Waals surface area contributed by atoms with E-state index in [0.29, 0.717) is 6.07 Å². The van der Waals surface area contributed by atoms with Crippen LogP contribution in [0.5, 0.6) is 11.5 Å². The smallest absolute Gasteiger partial charge is 0.395 e. The minimum Gasteiger partial charge on any atom is -0.395 e. The Morgan fingerprint density at radius 2 is 2.03 bits per heavy atom. The number of carbonyl (C=O) groups excluding carboxylic acids is 1. The van der Waals surface area contributed by atoms with Crippen LogP contribution >= 0.6 is 11.6 Å². The zero-order chi connectivity index (χ0) is 25.7. The van der Waals surface area contributed by atoms with Crippen LogP contribution in [0.15, 0.2) is 42.8 Å². The Hall–Kier alpha value is -4.09. The fraction of sp³-hybridized carbons (Fsp3) is 0.143. The summed E-state index contributed by atoms with van der Waals surface area (Å²) < 4.78 is 77.4. The predicted octanol–water partition coefficient (Wildman–Crippen LogP) is 4.91. The minimum absolute atomic E-state index is 0.0201. The van der Waals surface area contributed by atoms with E-state index in [1.165, 1.54) is 25.3 Å². The number of hydrogen-bond acceptors (Lipinski definition) is 6. The number of aryl methyl sites for hydroxylation is 1. The molecule has 182 valence electrons. The van der Waals surface area contributed by atoms with Crippen molar-refractivity contribution in [3.8, 4) is 17.3 Å². The lowest BCUT2D eigenvalue weighted by Crippen LogP contribution is -2.26. The van der Waals surface area contributed by atoms with E-state index < -0.39 is 41.1 Å². The molecule has 1 amide bonds. The van der Waals surface area contributed by atoms with Gasteiger partial charge in [-0.2, -0.15) is 18.3 Å². The van der Waals surface area contributed by atoms with Gasteiger partial charge in [-0.25, -0.2) is 9.67 Å². The Balaban J connectivity index is 1.89. The van der Waals surface area contributed by atoms with Gasteiger partial charge in [0.2, 0.25) is 0 Å². The molecule has 1 aliphatic rings. The zero-order valence-electron chi connectivity index (χ0n) is 17.5. The number of aromatic nitrogens is 3. The van der Waals surface area contributed by atoms with Crippen molar-refractivity contribution in [3.63, 3.8) is 0 Å². The molecule has 0 unspecified atom stereocenters. The summed E-state index contributed by atoms with van der Waals surface area (Å²) in [5.74, 6) is -2.40. The summed E-state index contributed by atoms with van der Waals surface area (Å²) in [5.41, 5.74) is 5.54. The number of pyridine rings is 1. The van der Waals surface area contributed by atoms with E-state index in [2.05, 4.69) is 37.2 Å². The van der Waals surface area contributed by atoms with E-state index in [4.69, 9.17) is 17.3 Å². The molecule has 0 aliphatic carbocycles. The largest absolute Gasteiger partial charge is 0.586 e. The van der Waals surface area contributed by atoms with E-state index in [1.54, 1.807) is 0 Å². The topological polar surface area (TPSA) is 104 Å². The molecule has 3 N–H and O–H groups in total. The highest BCUT2D eigenvalue weighted by atomic mass is 35.5. The molecule has 1 aromatic carbocycles. The average molecular weight is 514 g/mol. The highest BCUT2D eigenvalue weighted by Gasteiger charge is 2.46. The van der Waals surface area contributed by atoms with E-state index in [0.717, 1.165) is 10.7 Å². The van der Waals surface area contributed by atoms with Gasteiger partial charge >= 0.3 is 12.5 Å². The van der Waals surface area contributed by atoms with Crippen molar-refractivity contribution in [1.29, 1.82) is 0 Å². The molecule has 1 aliphatic heterocycles. The second-order valence-corrected chi connectivity index (χ2v) is 7.52. The Labute approximate surface area is 198 Å². The average Bonchev–Trinajstić information content (AvgIpc) is 3.32. The third-order valence-corrected chi connectivity index (χ3v) is 5.06. The molecule has 0 saturated carbocycles. The van der Waals surface area contributed by atoms with Gasteiger partial charge in [-0.1, -0.05) is 18.2 Å². The molecule has 35 heavy (non-hydrogen) atoms. The fourth-order valence-electron chi connectivity index (χ4n) is 3.33. The molecule has 0 spiro atoms. The number of alkyl halides is 5. The van der Waals surface area contributed by atoms with Crippen molar-refractivity contribution in [2.75, 3.05) is 5.32 Å². The van der Waals surface area contributed by atoms with Gasteiger partial charge in [0.15, 0.2) is 23.0 Å². The number of rotatable bonds is 5. The highest BCUT2D eigenvalue weighted by Crippen LogP contribution is 2.48. The maximum Gasteiger partial charge on any atom is 0.586 e. The Morgan fingerprint density at radius 3 is 2.63 bits per heavy atom. The lowest BCUT2D eigenvalue weighted by molar-refractivity contribution is -0.286. The summed E-state index contributed by atoms with van der Waals surface area (Å²) in [6.45, 7) is 4.89. The van der Waals surface area contributed by atoms with Crippen LogP contribution in [-0.2, 0) is 6.18 Å². The summed E-state index contributed by atoms with van der Waals surface area (Å²) in [4.78, 5) is 16.2. The Morgan fingerprint density at radius 1 is 1.31 bits per heavy atom. The molecule has 0 saturated heterocycles. The standard InChI is InChI=1S/C21H13ClF5N5O3/c1-3-11(12-8-14(20(23,24)25)31-32(12)19-10(22)5-4-6-29-19)30-16-9(2)7-13-17(15(16)18(28)33)35-21(26,27)34-13/h4-8,30H,1H2,2H3,(H2,28,33). The summed E-state index contributed by atoms with van der Waals surface area (Å²) in [6, 6.07) is 4.67. The van der Waals surface area contributed by atoms with Gasteiger partial charge in [-0.3, -0.25) is 4.79 Å². The molecule has 2 aromatic heterocycles. The van der Waals surface area contributed by atoms with E-state index in [1.807, 2.05) is 0 Å². The summed E-state index contributed by atoms with van der Waals surface area (Å²) in [5, 5.41) is 6.22. The fourth-order valence-corrected chi connectivity index (χ4v) is 3.53. The van der Waals surface area contributed by atoms with Crippen molar-refractivity contribution >= 4 is 28.9 Å². The number of benzene rings is 1. The van der Waals surface area contributed by atoms with Gasteiger partial charge in [0.25, 0.3) is 5.91 Å². The first-order valence-corrected chi connectivity index (χ1v) is 9.89. The van der Waals surface area contributed by atoms with E-state index in [9.17, 15) is 26.7 Å². The molecule has 0 bridgehead atoms. The monoisotopic (exact) mass is 513 g/mol. The van der Waals surface area contributed by atoms with Crippen LogP contribution in [0.2, 0.25) is 5.02 Å². The van der Waals surface area contributed by atoms with Gasteiger partial charge in [0.1, 0.15) is 17.0 Å². The molecule has 0 radical (unpaired) electrons. The molecule has 3 heterocycles. The summed E-state index contributed by atoms with van der Waals surface area (Å²) >= 11 is 6.11. The number of nitrogens with one attached hydrogen (secondary N) is 1. The van der Waals surface area contributed by atoms with Crippen LogP contribution in [-0.4, -0.2) is 27.0 Å². The van der Waals surface area contributed by atoms with Crippen LogP contribution in [0.4, 0.5) is 27.6 Å². The van der Waals surface area contributed by atoms with Crippen LogP contribution in [0.3, 0.4) is 0 Å². The molecule has 4 rings (SSSR count). The molecule has 8 nitrogen and oxygen atoms in total. The quantitative estimate of drug-likeness (QED) is 0.371. The Bertz CT molecular complexity index is 1410. The highest BCUT2D eigenvalue weighted by molar-refractivity contribution is 6.32. The number of amides is 1. The Kier molecular flexibility index (Phi) is 5.70. The van der Waals surface area contributed by atoms with Crippen molar-refractivity contribution in [2.24, 2.45) is 5.73 Å². The van der Waals surface area contributed by atoms with Crippen molar-refractivity contribution in [2.45, 2.75) is 19.4 Å². The van der Waals surface area contributed by atoms with Crippen LogP contribution in [0, 0.1) is 6.92 Å². The molecule has 3 aromatic rings. The third-order valence-electron chi connectivity index (χ3n) is 4.76. The van der Waals surface area contributed by atoms with Gasteiger partial charge in [0.05, 0.1) is 10.7 Å². The molecule has 0 fully saturated rings. The molecular formula is C21H13ClF5N5O3. The van der Waals surface area contributed by atoms with Gasteiger partial charge < -0.3 is 20.5 Å². The maximum absolute atomic E-state index is 13.6. The second-order valence-electron chi connectivity index (χ2n) is 7.11. The summed E-state index contributed by atoms with van der Waals surface area (Å²) in [7, 11) is 0. The number of nitrogens with zero attached hydrogens (tertiary/aromatic N) is 3. The van der Waals surface area contributed by atoms with E-state index in [-0.39, 0.29) is 33.5 Å². The molecular weight excluding hydrogens is 501 g/mol. The minimum atomic E-state index is -4.84. The summed E-state index contributed by atoms with van der Waals surface area (Å²) in [6.07, 6.45) is -7.60. The van der Waals surface area contributed by atoms with Crippen molar-refractivity contribution < 1.29 is 36.2 Å². The first-order chi connectivity index (χ1) is 16.3. The number of hydrogen-bond donors (Lipinski definition) is 2. The number of halogens is 6. The van der Waals surface area contributed by atoms with E-state index >= 15 is 0 Å². The van der Waals surface area contributed by atoms with Crippen LogP contribution in [0.1, 0.15) is 27.3 Å². The van der Waals surface area contributed by atoms with Gasteiger partial charge in [-0.05, 0) is 36.8 Å². The lowest BCUT2D eigenvalue weighted by atomic mass is 10.0. The van der Waals surface area contributed by atoms with Gasteiger partial charge in [0, 0.05) is 6.20 Å². The third kappa shape index (κ3) is 4.38. The number of primary amides is 1. The number of anilines is 1. The zero-order valence-corrected chi connectivity index (χ0v) is 18.3. The van der Waals surface area contributed by atoms with Gasteiger partial charge in [-0.15, -0.1) is 14.5 Å². The van der Waals surface area contributed by atoms with Crippen molar-refractivity contribution in [3.05, 3.63) is 70.3 Å². The molecule has 0 atom stereocenters. The SMILES string of the molecule is C=C=C(Nc1c(C)cc2c(c1C(N)=O)OC(F)(F)O2)c1cc(C(F)(F)F)nn1-c1ncccc1Cl. The normalized spacial score (nSPS) is 13.9. The number of nitrogens with two attached hydrogens (primary N) is 1. The van der Waals surface area contributed by atoms with Crippen molar-refractivity contribution in [1.82, 2.24) is 14.8 Å². The second kappa shape index (κ2) is 8.29. The van der Waals surface area contributed by atoms with Crippen LogP contribution in [0.25, 0.3) is 11.5 Å². The molecule has 14 heteroatoms. The lowest BCUT2D eigenvalue weighted by Gasteiger charge is -2.17. The first-order valence-electron chi connectivity index (χ1n) is 9.51. The predicted molar refractivity (Wildman–Crippen MR) is 113 cm³/mol. The van der Waals surface area contributed by atoms with Crippen LogP contribution < -0.4 is 20.5 Å². The first kappa shape index (κ1) is 24.0. The maximum atomic E-state index is 13.6. The number of carbonyl (C=O) groups is 1. The number of ether oxygens (including phenoxy) is 2. The number of fused-ring (bicyclic) bond motifs is 1.